The number of aromatic nitrogens is 2. The predicted molar refractivity (Wildman–Crippen MR) is 127 cm³/mol. The van der Waals surface area contributed by atoms with E-state index in [2.05, 4.69) is 41.4 Å². The molecule has 2 aromatic rings. The molecule has 1 aliphatic rings. The molecule has 2 heterocycles. The SMILES string of the molecule is CCNC(=NCc1cnn(-c2ccc(Cl)cc2)c1)NC1CCN(CCOC(C)C)CC1. The van der Waals surface area contributed by atoms with Crippen LogP contribution in [0.1, 0.15) is 39.2 Å². The molecule has 0 spiro atoms. The van der Waals surface area contributed by atoms with Crippen molar-refractivity contribution in [3.8, 4) is 5.69 Å². The average molecular weight is 447 g/mol. The second kappa shape index (κ2) is 12.1. The van der Waals surface area contributed by atoms with E-state index in [0.717, 1.165) is 67.9 Å². The summed E-state index contributed by atoms with van der Waals surface area (Å²) < 4.78 is 7.53. The van der Waals surface area contributed by atoms with E-state index in [-0.39, 0.29) is 0 Å². The van der Waals surface area contributed by atoms with Crippen molar-refractivity contribution in [1.82, 2.24) is 25.3 Å². The molecule has 1 saturated heterocycles. The highest BCUT2D eigenvalue weighted by atomic mass is 35.5. The van der Waals surface area contributed by atoms with E-state index in [0.29, 0.717) is 18.7 Å². The Labute approximate surface area is 190 Å². The summed E-state index contributed by atoms with van der Waals surface area (Å²) in [5, 5.41) is 12.1. The Hall–Kier alpha value is -2.09. The number of piperidine rings is 1. The second-order valence-electron chi connectivity index (χ2n) is 8.14. The topological polar surface area (TPSA) is 66.7 Å². The minimum Gasteiger partial charge on any atom is -0.377 e. The lowest BCUT2D eigenvalue weighted by molar-refractivity contribution is 0.0532. The number of hydrogen-bond acceptors (Lipinski definition) is 4. The van der Waals surface area contributed by atoms with Gasteiger partial charge in [-0.05, 0) is 57.9 Å². The molecule has 1 fully saturated rings. The fraction of sp³-hybridized carbons (Fsp3) is 0.565. The maximum absolute atomic E-state index is 5.97. The van der Waals surface area contributed by atoms with Gasteiger partial charge >= 0.3 is 0 Å². The van der Waals surface area contributed by atoms with Gasteiger partial charge in [-0.2, -0.15) is 5.10 Å². The minimum atomic E-state index is 0.302. The standard InChI is InChI=1S/C23H35ClN6O/c1-4-25-23(28-21-9-11-29(12-10-21)13-14-31-18(2)3)26-15-19-16-27-30(17-19)22-7-5-20(24)6-8-22/h5-8,16-18,21H,4,9-15H2,1-3H3,(H2,25,26,28). The number of nitrogens with zero attached hydrogens (tertiary/aromatic N) is 4. The second-order valence-corrected chi connectivity index (χ2v) is 8.58. The van der Waals surface area contributed by atoms with Crippen LogP contribution in [0.2, 0.25) is 5.02 Å². The summed E-state index contributed by atoms with van der Waals surface area (Å²) >= 11 is 5.97. The van der Waals surface area contributed by atoms with E-state index in [9.17, 15) is 0 Å². The maximum atomic E-state index is 5.97. The Bertz CT molecular complexity index is 812. The lowest BCUT2D eigenvalue weighted by Crippen LogP contribution is -2.49. The zero-order chi connectivity index (χ0) is 22.1. The molecule has 1 aromatic heterocycles. The van der Waals surface area contributed by atoms with E-state index in [1.807, 2.05) is 41.3 Å². The third-order valence-electron chi connectivity index (χ3n) is 5.28. The molecular formula is C23H35ClN6O. The fourth-order valence-electron chi connectivity index (χ4n) is 3.58. The zero-order valence-corrected chi connectivity index (χ0v) is 19.6. The van der Waals surface area contributed by atoms with Crippen LogP contribution in [0, 0.1) is 0 Å². The third kappa shape index (κ3) is 7.83. The number of likely N-dealkylation sites (tertiary alicyclic amines) is 1. The van der Waals surface area contributed by atoms with Gasteiger partial charge in [0.2, 0.25) is 0 Å². The molecule has 31 heavy (non-hydrogen) atoms. The first-order valence-corrected chi connectivity index (χ1v) is 11.6. The van der Waals surface area contributed by atoms with Crippen molar-refractivity contribution in [3.63, 3.8) is 0 Å². The Morgan fingerprint density at radius 2 is 2.00 bits per heavy atom. The van der Waals surface area contributed by atoms with Gasteiger partial charge in [0.05, 0.1) is 31.1 Å². The normalized spacial score (nSPS) is 16.1. The summed E-state index contributed by atoms with van der Waals surface area (Å²) in [7, 11) is 0. The van der Waals surface area contributed by atoms with Gasteiger partial charge in [-0.1, -0.05) is 11.6 Å². The summed E-state index contributed by atoms with van der Waals surface area (Å²) in [6.07, 6.45) is 6.39. The molecule has 0 atom stereocenters. The lowest BCUT2D eigenvalue weighted by Gasteiger charge is -2.33. The van der Waals surface area contributed by atoms with Crippen LogP contribution in [0.5, 0.6) is 0 Å². The largest absolute Gasteiger partial charge is 0.377 e. The summed E-state index contributed by atoms with van der Waals surface area (Å²) in [6, 6.07) is 8.08. The Morgan fingerprint density at radius 3 is 2.68 bits per heavy atom. The number of aliphatic imine (C=N–C) groups is 1. The fourth-order valence-corrected chi connectivity index (χ4v) is 3.70. The van der Waals surface area contributed by atoms with E-state index >= 15 is 0 Å². The quantitative estimate of drug-likeness (QED) is 0.456. The van der Waals surface area contributed by atoms with Crippen molar-refractivity contribution in [3.05, 3.63) is 47.2 Å². The van der Waals surface area contributed by atoms with E-state index < -0.39 is 0 Å². The monoisotopic (exact) mass is 446 g/mol. The van der Waals surface area contributed by atoms with Crippen molar-refractivity contribution in [2.45, 2.75) is 52.3 Å². The van der Waals surface area contributed by atoms with Crippen LogP contribution in [0.15, 0.2) is 41.7 Å². The van der Waals surface area contributed by atoms with Crippen LogP contribution in [0.25, 0.3) is 5.69 Å². The van der Waals surface area contributed by atoms with Gasteiger partial charge in [-0.3, -0.25) is 0 Å². The molecule has 1 aromatic carbocycles. The molecule has 1 aliphatic heterocycles. The van der Waals surface area contributed by atoms with Gasteiger partial charge in [0.25, 0.3) is 0 Å². The van der Waals surface area contributed by atoms with Crippen molar-refractivity contribution in [2.75, 3.05) is 32.8 Å². The molecule has 170 valence electrons. The third-order valence-corrected chi connectivity index (χ3v) is 5.53. The number of benzene rings is 1. The van der Waals surface area contributed by atoms with Gasteiger partial charge in [0.15, 0.2) is 5.96 Å². The summed E-state index contributed by atoms with van der Waals surface area (Å²) in [5.74, 6) is 0.864. The molecule has 0 bridgehead atoms. The molecule has 8 heteroatoms. The Kier molecular flexibility index (Phi) is 9.18. The van der Waals surface area contributed by atoms with Crippen LogP contribution in [0.3, 0.4) is 0 Å². The highest BCUT2D eigenvalue weighted by molar-refractivity contribution is 6.30. The first-order valence-electron chi connectivity index (χ1n) is 11.2. The average Bonchev–Trinajstić information content (AvgIpc) is 3.23. The Balaban J connectivity index is 1.49. The zero-order valence-electron chi connectivity index (χ0n) is 18.9. The summed E-state index contributed by atoms with van der Waals surface area (Å²) in [5.41, 5.74) is 2.04. The molecule has 0 unspecified atom stereocenters. The number of nitrogens with one attached hydrogen (secondary N) is 2. The van der Waals surface area contributed by atoms with E-state index in [1.165, 1.54) is 0 Å². The minimum absolute atomic E-state index is 0.302. The summed E-state index contributed by atoms with van der Waals surface area (Å²) in [4.78, 5) is 7.26. The van der Waals surface area contributed by atoms with E-state index in [4.69, 9.17) is 21.3 Å². The molecule has 3 rings (SSSR count). The van der Waals surface area contributed by atoms with Crippen LogP contribution >= 0.6 is 11.6 Å². The van der Waals surface area contributed by atoms with Crippen LogP contribution in [0.4, 0.5) is 0 Å². The molecule has 7 nitrogen and oxygen atoms in total. The van der Waals surface area contributed by atoms with Crippen molar-refractivity contribution in [1.29, 1.82) is 0 Å². The van der Waals surface area contributed by atoms with E-state index in [1.54, 1.807) is 0 Å². The van der Waals surface area contributed by atoms with Gasteiger partial charge < -0.3 is 20.3 Å². The lowest BCUT2D eigenvalue weighted by atomic mass is 10.1. The molecule has 0 aliphatic carbocycles. The number of ether oxygens (including phenoxy) is 1. The highest BCUT2D eigenvalue weighted by Crippen LogP contribution is 2.14. The molecule has 0 radical (unpaired) electrons. The molecular weight excluding hydrogens is 412 g/mol. The first kappa shape index (κ1) is 23.6. The van der Waals surface area contributed by atoms with Crippen molar-refractivity contribution >= 4 is 17.6 Å². The molecule has 0 saturated carbocycles. The van der Waals surface area contributed by atoms with Gasteiger partial charge in [0.1, 0.15) is 0 Å². The summed E-state index contributed by atoms with van der Waals surface area (Å²) in [6.45, 7) is 11.7. The van der Waals surface area contributed by atoms with Crippen LogP contribution in [-0.4, -0.2) is 65.6 Å². The van der Waals surface area contributed by atoms with Gasteiger partial charge in [-0.15, -0.1) is 0 Å². The maximum Gasteiger partial charge on any atom is 0.191 e. The van der Waals surface area contributed by atoms with Crippen molar-refractivity contribution in [2.24, 2.45) is 4.99 Å². The predicted octanol–water partition coefficient (Wildman–Crippen LogP) is 3.47. The number of guanidine groups is 1. The number of halogens is 1. The van der Waals surface area contributed by atoms with Crippen molar-refractivity contribution < 1.29 is 4.74 Å². The highest BCUT2D eigenvalue weighted by Gasteiger charge is 2.19. The number of hydrogen-bond donors (Lipinski definition) is 2. The van der Waals surface area contributed by atoms with Crippen LogP contribution < -0.4 is 10.6 Å². The molecule has 0 amide bonds. The first-order chi connectivity index (χ1) is 15.0. The van der Waals surface area contributed by atoms with Gasteiger partial charge in [-0.25, -0.2) is 9.67 Å². The number of rotatable bonds is 9. The Morgan fingerprint density at radius 1 is 1.26 bits per heavy atom. The van der Waals surface area contributed by atoms with Crippen LogP contribution in [-0.2, 0) is 11.3 Å². The molecule has 2 N–H and O–H groups in total. The smallest absolute Gasteiger partial charge is 0.191 e. The van der Waals surface area contributed by atoms with Gasteiger partial charge in [0, 0.05) is 49.0 Å².